The summed E-state index contributed by atoms with van der Waals surface area (Å²) in [5, 5.41) is 10.9. The lowest BCUT2D eigenvalue weighted by Crippen LogP contribution is -2.03. The normalized spacial score (nSPS) is 12.4. The Morgan fingerprint density at radius 2 is 2.17 bits per heavy atom. The standard InChI is InChI=1S/C13H12BrClO2S/c1-17-12-6-8(15)2-4-10(12)11(16)7-9-3-5-13(14)18-9/h2-6,11,16H,7H2,1H3. The molecule has 0 amide bonds. The maximum absolute atomic E-state index is 10.3. The smallest absolute Gasteiger partial charge is 0.126 e. The highest BCUT2D eigenvalue weighted by molar-refractivity contribution is 9.11. The number of rotatable bonds is 4. The second kappa shape index (κ2) is 6.06. The SMILES string of the molecule is COc1cc(Cl)ccc1C(O)Cc1ccc(Br)s1. The van der Waals surface area contributed by atoms with Gasteiger partial charge in [-0.3, -0.25) is 0 Å². The van der Waals surface area contributed by atoms with Gasteiger partial charge in [0.25, 0.3) is 0 Å². The van der Waals surface area contributed by atoms with Gasteiger partial charge in [-0.05, 0) is 40.2 Å². The van der Waals surface area contributed by atoms with Gasteiger partial charge in [0.15, 0.2) is 0 Å². The minimum atomic E-state index is -0.595. The lowest BCUT2D eigenvalue weighted by molar-refractivity contribution is 0.175. The topological polar surface area (TPSA) is 29.5 Å². The van der Waals surface area contributed by atoms with Crippen LogP contribution in [0.25, 0.3) is 0 Å². The molecule has 0 fully saturated rings. The molecule has 0 spiro atoms. The number of hydrogen-bond donors (Lipinski definition) is 1. The van der Waals surface area contributed by atoms with Crippen LogP contribution in [-0.4, -0.2) is 12.2 Å². The van der Waals surface area contributed by atoms with Crippen molar-refractivity contribution in [3.8, 4) is 5.75 Å². The van der Waals surface area contributed by atoms with E-state index in [9.17, 15) is 5.11 Å². The van der Waals surface area contributed by atoms with E-state index < -0.39 is 6.10 Å². The van der Waals surface area contributed by atoms with Crippen LogP contribution in [0.1, 0.15) is 16.5 Å². The molecular weight excluding hydrogens is 336 g/mol. The molecule has 96 valence electrons. The summed E-state index contributed by atoms with van der Waals surface area (Å²) in [6.45, 7) is 0. The summed E-state index contributed by atoms with van der Waals surface area (Å²) in [5.74, 6) is 0.616. The number of aliphatic hydroxyl groups is 1. The summed E-state index contributed by atoms with van der Waals surface area (Å²) < 4.78 is 6.30. The van der Waals surface area contributed by atoms with Crippen molar-refractivity contribution in [1.82, 2.24) is 0 Å². The second-order valence-electron chi connectivity index (χ2n) is 3.81. The number of halogens is 2. The van der Waals surface area contributed by atoms with Crippen molar-refractivity contribution in [2.75, 3.05) is 7.11 Å². The molecule has 0 aliphatic carbocycles. The van der Waals surface area contributed by atoms with E-state index >= 15 is 0 Å². The fourth-order valence-electron chi connectivity index (χ4n) is 1.72. The van der Waals surface area contributed by atoms with Crippen molar-refractivity contribution in [2.24, 2.45) is 0 Å². The molecule has 2 rings (SSSR count). The van der Waals surface area contributed by atoms with Crippen molar-refractivity contribution < 1.29 is 9.84 Å². The van der Waals surface area contributed by atoms with Gasteiger partial charge < -0.3 is 9.84 Å². The lowest BCUT2D eigenvalue weighted by Gasteiger charge is -2.14. The molecule has 0 bridgehead atoms. The first-order chi connectivity index (χ1) is 8.60. The molecule has 0 saturated heterocycles. The monoisotopic (exact) mass is 346 g/mol. The van der Waals surface area contributed by atoms with E-state index in [1.54, 1.807) is 36.6 Å². The van der Waals surface area contributed by atoms with E-state index in [4.69, 9.17) is 16.3 Å². The Balaban J connectivity index is 2.20. The minimum absolute atomic E-state index is 0.564. The lowest BCUT2D eigenvalue weighted by atomic mass is 10.0. The summed E-state index contributed by atoms with van der Waals surface area (Å²) in [6, 6.07) is 9.25. The van der Waals surface area contributed by atoms with E-state index in [0.717, 1.165) is 14.2 Å². The Kier molecular flexibility index (Phi) is 4.67. The van der Waals surface area contributed by atoms with Gasteiger partial charge in [-0.1, -0.05) is 17.7 Å². The third-order valence-electron chi connectivity index (χ3n) is 2.58. The third kappa shape index (κ3) is 3.26. The number of thiophene rings is 1. The largest absolute Gasteiger partial charge is 0.496 e. The van der Waals surface area contributed by atoms with Crippen LogP contribution in [0.4, 0.5) is 0 Å². The van der Waals surface area contributed by atoms with Crippen molar-refractivity contribution in [3.63, 3.8) is 0 Å². The maximum Gasteiger partial charge on any atom is 0.126 e. The fraction of sp³-hybridized carbons (Fsp3) is 0.231. The predicted molar refractivity (Wildman–Crippen MR) is 78.7 cm³/mol. The zero-order valence-electron chi connectivity index (χ0n) is 9.69. The molecule has 0 aliphatic rings. The van der Waals surface area contributed by atoms with Crippen LogP contribution in [0.2, 0.25) is 5.02 Å². The van der Waals surface area contributed by atoms with E-state index in [1.807, 2.05) is 12.1 Å². The summed E-state index contributed by atoms with van der Waals surface area (Å²) in [6.07, 6.45) is -0.0309. The zero-order chi connectivity index (χ0) is 13.1. The van der Waals surface area contributed by atoms with Gasteiger partial charge in [0, 0.05) is 21.9 Å². The summed E-state index contributed by atoms with van der Waals surface area (Å²) >= 11 is 10.9. The molecule has 1 atom stereocenters. The minimum Gasteiger partial charge on any atom is -0.496 e. The van der Waals surface area contributed by atoms with Crippen LogP contribution in [0, 0.1) is 0 Å². The van der Waals surface area contributed by atoms with Crippen LogP contribution in [0.15, 0.2) is 34.1 Å². The van der Waals surface area contributed by atoms with Gasteiger partial charge in [0.2, 0.25) is 0 Å². The predicted octanol–water partition coefficient (Wildman–Crippen LogP) is 4.45. The number of hydrogen-bond acceptors (Lipinski definition) is 3. The van der Waals surface area contributed by atoms with Crippen LogP contribution in [0.3, 0.4) is 0 Å². The zero-order valence-corrected chi connectivity index (χ0v) is 12.8. The highest BCUT2D eigenvalue weighted by atomic mass is 79.9. The van der Waals surface area contributed by atoms with Gasteiger partial charge in [0.05, 0.1) is 17.0 Å². The van der Waals surface area contributed by atoms with Crippen molar-refractivity contribution in [3.05, 3.63) is 49.6 Å². The van der Waals surface area contributed by atoms with Crippen molar-refractivity contribution in [2.45, 2.75) is 12.5 Å². The van der Waals surface area contributed by atoms with E-state index in [-0.39, 0.29) is 0 Å². The average molecular weight is 348 g/mol. The van der Waals surface area contributed by atoms with E-state index in [2.05, 4.69) is 15.9 Å². The number of benzene rings is 1. The van der Waals surface area contributed by atoms with Crippen LogP contribution < -0.4 is 4.74 Å². The van der Waals surface area contributed by atoms with Gasteiger partial charge in [-0.2, -0.15) is 0 Å². The van der Waals surface area contributed by atoms with Gasteiger partial charge >= 0.3 is 0 Å². The van der Waals surface area contributed by atoms with Crippen molar-refractivity contribution in [1.29, 1.82) is 0 Å². The third-order valence-corrected chi connectivity index (χ3v) is 4.46. The Hall–Kier alpha value is -0.550. The van der Waals surface area contributed by atoms with E-state index in [0.29, 0.717) is 17.2 Å². The highest BCUT2D eigenvalue weighted by Gasteiger charge is 2.15. The number of aliphatic hydroxyl groups excluding tert-OH is 1. The van der Waals surface area contributed by atoms with Crippen LogP contribution in [0.5, 0.6) is 5.75 Å². The number of methoxy groups -OCH3 is 1. The molecule has 2 aromatic rings. The first kappa shape index (κ1) is 13.9. The maximum atomic E-state index is 10.3. The molecular formula is C13H12BrClO2S. The summed E-state index contributed by atoms with van der Waals surface area (Å²) in [5.41, 5.74) is 0.756. The molecule has 5 heteroatoms. The molecule has 1 heterocycles. The molecule has 1 unspecified atom stereocenters. The fourth-order valence-corrected chi connectivity index (χ4v) is 3.40. The number of ether oxygens (including phenoxy) is 1. The van der Waals surface area contributed by atoms with Crippen molar-refractivity contribution >= 4 is 38.9 Å². The molecule has 1 aromatic heterocycles. The molecule has 2 nitrogen and oxygen atoms in total. The first-order valence-electron chi connectivity index (χ1n) is 5.36. The summed E-state index contributed by atoms with van der Waals surface area (Å²) in [7, 11) is 1.57. The van der Waals surface area contributed by atoms with Gasteiger partial charge in [-0.25, -0.2) is 0 Å². The van der Waals surface area contributed by atoms with E-state index in [1.165, 1.54) is 0 Å². The summed E-state index contributed by atoms with van der Waals surface area (Å²) in [4.78, 5) is 1.12. The van der Waals surface area contributed by atoms with Gasteiger partial charge in [0.1, 0.15) is 5.75 Å². The first-order valence-corrected chi connectivity index (χ1v) is 7.34. The Morgan fingerprint density at radius 3 is 2.78 bits per heavy atom. The van der Waals surface area contributed by atoms with Gasteiger partial charge in [-0.15, -0.1) is 11.3 Å². The molecule has 0 aliphatic heterocycles. The van der Waals surface area contributed by atoms with Crippen LogP contribution in [-0.2, 0) is 6.42 Å². The molecule has 18 heavy (non-hydrogen) atoms. The quantitative estimate of drug-likeness (QED) is 0.885. The highest BCUT2D eigenvalue weighted by Crippen LogP contribution is 2.32. The Labute approximate surface area is 123 Å². The molecule has 0 saturated carbocycles. The molecule has 1 aromatic carbocycles. The molecule has 0 radical (unpaired) electrons. The van der Waals surface area contributed by atoms with Crippen LogP contribution >= 0.6 is 38.9 Å². The second-order valence-corrected chi connectivity index (χ2v) is 6.80. The molecule has 1 N–H and O–H groups in total. The Morgan fingerprint density at radius 1 is 1.39 bits per heavy atom. The average Bonchev–Trinajstić information content (AvgIpc) is 2.74. The Bertz CT molecular complexity index is 542.